The van der Waals surface area contributed by atoms with Crippen molar-refractivity contribution in [2.45, 2.75) is 39.2 Å². The van der Waals surface area contributed by atoms with E-state index in [1.54, 1.807) is 36.3 Å². The molecular weight excluding hydrogens is 406 g/mol. The van der Waals surface area contributed by atoms with Gasteiger partial charge in [0, 0.05) is 38.4 Å². The van der Waals surface area contributed by atoms with Crippen molar-refractivity contribution in [1.29, 1.82) is 0 Å². The van der Waals surface area contributed by atoms with Crippen LogP contribution in [0.4, 0.5) is 0 Å². The van der Waals surface area contributed by atoms with Crippen LogP contribution in [-0.4, -0.2) is 58.1 Å². The number of carbonyl (C=O) groups excluding carboxylic acids is 3. The maximum atomic E-state index is 13.3. The molecule has 1 fully saturated rings. The van der Waals surface area contributed by atoms with Gasteiger partial charge in [0.25, 0.3) is 11.8 Å². The summed E-state index contributed by atoms with van der Waals surface area (Å²) in [4.78, 5) is 40.0. The highest BCUT2D eigenvalue weighted by atomic mass is 16.2. The van der Waals surface area contributed by atoms with Crippen LogP contribution in [0.15, 0.2) is 42.7 Å². The van der Waals surface area contributed by atoms with Crippen LogP contribution in [0.2, 0.25) is 0 Å². The predicted molar refractivity (Wildman–Crippen MR) is 122 cm³/mol. The van der Waals surface area contributed by atoms with Crippen molar-refractivity contribution < 1.29 is 14.4 Å². The molecule has 32 heavy (non-hydrogen) atoms. The first-order valence-corrected chi connectivity index (χ1v) is 11.3. The SMILES string of the molecule is CCC(C)C(NC(=O)c1ccccc1)C(=O)N1CCC(CNC(=O)c2cnn(C)c2)CC1. The first-order chi connectivity index (χ1) is 15.4. The molecule has 8 heteroatoms. The van der Waals surface area contributed by atoms with Crippen molar-refractivity contribution in [1.82, 2.24) is 25.3 Å². The lowest BCUT2D eigenvalue weighted by atomic mass is 9.93. The summed E-state index contributed by atoms with van der Waals surface area (Å²) in [5, 5.41) is 9.95. The van der Waals surface area contributed by atoms with E-state index >= 15 is 0 Å². The lowest BCUT2D eigenvalue weighted by Gasteiger charge is -2.36. The molecule has 1 saturated heterocycles. The Hall–Kier alpha value is -3.16. The minimum Gasteiger partial charge on any atom is -0.352 e. The molecular formula is C24H33N5O3. The molecule has 3 rings (SSSR count). The standard InChI is InChI=1S/C24H33N5O3/c1-4-17(2)21(27-23(31)19-8-6-5-7-9-19)24(32)29-12-10-18(11-13-29)14-25-22(30)20-15-26-28(3)16-20/h5-9,15-18,21H,4,10-14H2,1-3H3,(H,25,30)(H,27,31). The normalized spacial score (nSPS) is 16.3. The summed E-state index contributed by atoms with van der Waals surface area (Å²) in [7, 11) is 1.78. The van der Waals surface area contributed by atoms with Crippen molar-refractivity contribution >= 4 is 17.7 Å². The van der Waals surface area contributed by atoms with Gasteiger partial charge in [-0.15, -0.1) is 0 Å². The summed E-state index contributed by atoms with van der Waals surface area (Å²) in [5.41, 5.74) is 1.10. The highest BCUT2D eigenvalue weighted by molar-refractivity contribution is 5.97. The zero-order valence-corrected chi connectivity index (χ0v) is 19.1. The van der Waals surface area contributed by atoms with Gasteiger partial charge in [-0.2, -0.15) is 5.10 Å². The summed E-state index contributed by atoms with van der Waals surface area (Å²) >= 11 is 0. The first kappa shape index (κ1) is 23.5. The second-order valence-corrected chi connectivity index (χ2v) is 8.58. The van der Waals surface area contributed by atoms with Gasteiger partial charge < -0.3 is 15.5 Å². The van der Waals surface area contributed by atoms with E-state index in [1.807, 2.05) is 36.9 Å². The Bertz CT molecular complexity index is 919. The number of nitrogens with zero attached hydrogens (tertiary/aromatic N) is 3. The van der Waals surface area contributed by atoms with Gasteiger partial charge >= 0.3 is 0 Å². The molecule has 8 nitrogen and oxygen atoms in total. The molecule has 2 aromatic rings. The maximum absolute atomic E-state index is 13.3. The topological polar surface area (TPSA) is 96.3 Å². The second-order valence-electron chi connectivity index (χ2n) is 8.58. The fourth-order valence-corrected chi connectivity index (χ4v) is 3.93. The molecule has 3 amide bonds. The fraction of sp³-hybridized carbons (Fsp3) is 0.500. The zero-order chi connectivity index (χ0) is 23.1. The van der Waals surface area contributed by atoms with Gasteiger partial charge in [-0.1, -0.05) is 38.5 Å². The fourth-order valence-electron chi connectivity index (χ4n) is 3.93. The van der Waals surface area contributed by atoms with E-state index in [0.29, 0.717) is 36.7 Å². The van der Waals surface area contributed by atoms with E-state index in [1.165, 1.54) is 0 Å². The largest absolute Gasteiger partial charge is 0.352 e. The zero-order valence-electron chi connectivity index (χ0n) is 19.1. The Kier molecular flexibility index (Phi) is 8.03. The van der Waals surface area contributed by atoms with Crippen molar-refractivity contribution in [2.24, 2.45) is 18.9 Å². The Morgan fingerprint density at radius 1 is 1.09 bits per heavy atom. The van der Waals surface area contributed by atoms with Gasteiger partial charge in [-0.05, 0) is 36.8 Å². The number of amides is 3. The second kappa shape index (κ2) is 10.9. The van der Waals surface area contributed by atoms with Crippen molar-refractivity contribution in [2.75, 3.05) is 19.6 Å². The number of hydrogen-bond donors (Lipinski definition) is 2. The van der Waals surface area contributed by atoms with Gasteiger partial charge in [0.05, 0.1) is 11.8 Å². The number of aromatic nitrogens is 2. The lowest BCUT2D eigenvalue weighted by Crippen LogP contribution is -2.53. The highest BCUT2D eigenvalue weighted by Crippen LogP contribution is 2.20. The van der Waals surface area contributed by atoms with Crippen LogP contribution >= 0.6 is 0 Å². The Morgan fingerprint density at radius 2 is 1.78 bits per heavy atom. The number of rotatable bonds is 8. The van der Waals surface area contributed by atoms with Crippen LogP contribution in [0.1, 0.15) is 53.8 Å². The molecule has 1 aromatic heterocycles. The minimum atomic E-state index is -0.547. The number of hydrogen-bond acceptors (Lipinski definition) is 4. The van der Waals surface area contributed by atoms with E-state index < -0.39 is 6.04 Å². The van der Waals surface area contributed by atoms with E-state index in [0.717, 1.165) is 19.3 Å². The van der Waals surface area contributed by atoms with Gasteiger partial charge in [0.2, 0.25) is 5.91 Å². The molecule has 1 aliphatic rings. The van der Waals surface area contributed by atoms with Gasteiger partial charge in [-0.3, -0.25) is 19.1 Å². The third-order valence-corrected chi connectivity index (χ3v) is 6.25. The maximum Gasteiger partial charge on any atom is 0.254 e. The summed E-state index contributed by atoms with van der Waals surface area (Å²) in [6.07, 6.45) is 5.67. The number of nitrogens with one attached hydrogen (secondary N) is 2. The van der Waals surface area contributed by atoms with Gasteiger partial charge in [0.1, 0.15) is 6.04 Å². The first-order valence-electron chi connectivity index (χ1n) is 11.3. The molecule has 0 bridgehead atoms. The summed E-state index contributed by atoms with van der Waals surface area (Å²) < 4.78 is 1.60. The van der Waals surface area contributed by atoms with Crippen LogP contribution < -0.4 is 10.6 Å². The molecule has 0 spiro atoms. The van der Waals surface area contributed by atoms with E-state index in [-0.39, 0.29) is 23.6 Å². The molecule has 1 aromatic carbocycles. The number of aryl methyl sites for hydroxylation is 1. The smallest absolute Gasteiger partial charge is 0.254 e. The lowest BCUT2D eigenvalue weighted by molar-refractivity contribution is -0.135. The molecule has 2 unspecified atom stereocenters. The summed E-state index contributed by atoms with van der Waals surface area (Å²) in [5.74, 6) is -0.0249. The number of benzene rings is 1. The predicted octanol–water partition coefficient (Wildman–Crippen LogP) is 2.23. The minimum absolute atomic E-state index is 0.0264. The average Bonchev–Trinajstić information content (AvgIpc) is 3.27. The molecule has 172 valence electrons. The molecule has 0 aliphatic carbocycles. The Labute approximate surface area is 189 Å². The quantitative estimate of drug-likeness (QED) is 0.659. The van der Waals surface area contributed by atoms with Gasteiger partial charge in [-0.25, -0.2) is 0 Å². The van der Waals surface area contributed by atoms with Crippen LogP contribution in [0.25, 0.3) is 0 Å². The van der Waals surface area contributed by atoms with Crippen LogP contribution in [0, 0.1) is 11.8 Å². The number of carbonyl (C=O) groups is 3. The van der Waals surface area contributed by atoms with Crippen LogP contribution in [0.5, 0.6) is 0 Å². The molecule has 0 radical (unpaired) electrons. The average molecular weight is 440 g/mol. The highest BCUT2D eigenvalue weighted by Gasteiger charge is 2.32. The monoisotopic (exact) mass is 439 g/mol. The van der Waals surface area contributed by atoms with E-state index in [9.17, 15) is 14.4 Å². The Morgan fingerprint density at radius 3 is 2.38 bits per heavy atom. The van der Waals surface area contributed by atoms with E-state index in [2.05, 4.69) is 15.7 Å². The third-order valence-electron chi connectivity index (χ3n) is 6.25. The molecule has 1 aliphatic heterocycles. The Balaban J connectivity index is 1.52. The molecule has 2 heterocycles. The van der Waals surface area contributed by atoms with Crippen LogP contribution in [-0.2, 0) is 11.8 Å². The summed E-state index contributed by atoms with van der Waals surface area (Å²) in [6.45, 7) is 5.85. The van der Waals surface area contributed by atoms with Crippen molar-refractivity contribution in [3.05, 3.63) is 53.9 Å². The van der Waals surface area contributed by atoms with Crippen molar-refractivity contribution in [3.8, 4) is 0 Å². The van der Waals surface area contributed by atoms with Crippen molar-refractivity contribution in [3.63, 3.8) is 0 Å². The summed E-state index contributed by atoms with van der Waals surface area (Å²) in [6, 6.07) is 8.43. The molecule has 2 N–H and O–H groups in total. The molecule has 0 saturated carbocycles. The van der Waals surface area contributed by atoms with Gasteiger partial charge in [0.15, 0.2) is 0 Å². The third kappa shape index (κ3) is 5.96. The molecule has 2 atom stereocenters. The van der Waals surface area contributed by atoms with E-state index in [4.69, 9.17) is 0 Å². The van der Waals surface area contributed by atoms with Crippen LogP contribution in [0.3, 0.4) is 0 Å². The number of likely N-dealkylation sites (tertiary alicyclic amines) is 1. The number of piperidine rings is 1.